The predicted octanol–water partition coefficient (Wildman–Crippen LogP) is 10.6. The molecular weight excluding hydrogens is 483 g/mol. The van der Waals surface area contributed by atoms with Crippen LogP contribution in [-0.2, 0) is 6.42 Å². The summed E-state index contributed by atoms with van der Waals surface area (Å²) >= 11 is 5.35. The molecule has 0 radical (unpaired) electrons. The molecular formula is C31H33NS3. The smallest absolute Gasteiger partial charge is 0.167 e. The number of thiazole rings is 1. The molecule has 0 bridgehead atoms. The zero-order valence-electron chi connectivity index (χ0n) is 20.6. The van der Waals surface area contributed by atoms with E-state index in [1.165, 1.54) is 106 Å². The summed E-state index contributed by atoms with van der Waals surface area (Å²) < 4.78 is 2.72. The van der Waals surface area contributed by atoms with Crippen molar-refractivity contribution in [2.75, 3.05) is 0 Å². The van der Waals surface area contributed by atoms with E-state index in [1.807, 2.05) is 22.9 Å². The largest absolute Gasteiger partial charge is 0.236 e. The first-order valence-corrected chi connectivity index (χ1v) is 15.6. The Bertz CT molecular complexity index is 1440. The van der Waals surface area contributed by atoms with Crippen LogP contribution in [0, 0.1) is 11.8 Å². The molecule has 0 aliphatic carbocycles. The summed E-state index contributed by atoms with van der Waals surface area (Å²) in [7, 11) is 0. The third kappa shape index (κ3) is 6.15. The monoisotopic (exact) mass is 515 g/mol. The fourth-order valence-electron chi connectivity index (χ4n) is 4.87. The lowest BCUT2D eigenvalue weighted by molar-refractivity contribution is 0.557. The van der Waals surface area contributed by atoms with Gasteiger partial charge in [-0.25, -0.2) is 4.98 Å². The first-order valence-electron chi connectivity index (χ1n) is 13.1. The molecule has 2 aromatic carbocycles. The molecule has 0 saturated heterocycles. The molecule has 1 nitrogen and oxygen atoms in total. The minimum atomic E-state index is 0.877. The van der Waals surface area contributed by atoms with Gasteiger partial charge in [0, 0.05) is 36.6 Å². The van der Waals surface area contributed by atoms with Crippen LogP contribution in [0.2, 0.25) is 0 Å². The number of rotatable bonds is 11. The summed E-state index contributed by atoms with van der Waals surface area (Å²) in [4.78, 5) is 6.92. The van der Waals surface area contributed by atoms with Gasteiger partial charge in [0.15, 0.2) is 5.01 Å². The average molecular weight is 516 g/mol. The van der Waals surface area contributed by atoms with Gasteiger partial charge in [-0.2, -0.15) is 0 Å². The molecule has 0 amide bonds. The molecule has 180 valence electrons. The van der Waals surface area contributed by atoms with Crippen molar-refractivity contribution >= 4 is 65.0 Å². The Balaban J connectivity index is 1.23. The standard InChI is InChI=1S/C31H33NS3/c1-2-3-4-5-6-7-8-9-10-11-12-23-21-27-25-15-17-30-28(26(25)14-16-29(27)34-23)22-24(35-30)13-18-31-32-19-20-33-31/h14-17,19-22H,2-12H2,1H3. The number of nitrogens with zero attached hydrogens (tertiary/aromatic N) is 1. The second kappa shape index (κ2) is 12.2. The SMILES string of the molecule is CCCCCCCCCCCCc1cc2c(ccc3c4cc(C#Cc5nccs5)sc4ccc23)s1. The number of thiophene rings is 2. The molecule has 0 N–H and O–H groups in total. The number of hydrogen-bond acceptors (Lipinski definition) is 4. The highest BCUT2D eigenvalue weighted by molar-refractivity contribution is 7.20. The number of aromatic nitrogens is 1. The predicted molar refractivity (Wildman–Crippen MR) is 158 cm³/mol. The van der Waals surface area contributed by atoms with Gasteiger partial charge in [0.25, 0.3) is 0 Å². The van der Waals surface area contributed by atoms with E-state index in [0.29, 0.717) is 0 Å². The van der Waals surface area contributed by atoms with E-state index in [0.717, 1.165) is 9.88 Å². The van der Waals surface area contributed by atoms with Crippen LogP contribution in [0.4, 0.5) is 0 Å². The lowest BCUT2D eigenvalue weighted by atomic mass is 10.0. The fraction of sp³-hybridized carbons (Fsp3) is 0.387. The Kier molecular flexibility index (Phi) is 8.52. The molecule has 0 aliphatic heterocycles. The van der Waals surface area contributed by atoms with Gasteiger partial charge >= 0.3 is 0 Å². The minimum absolute atomic E-state index is 0.877. The Morgan fingerprint density at radius 2 is 1.34 bits per heavy atom. The van der Waals surface area contributed by atoms with Gasteiger partial charge in [-0.3, -0.25) is 0 Å². The summed E-state index contributed by atoms with van der Waals surface area (Å²) in [6.07, 6.45) is 17.0. The zero-order valence-corrected chi connectivity index (χ0v) is 23.0. The van der Waals surface area contributed by atoms with Gasteiger partial charge in [-0.05, 0) is 59.7 Å². The minimum Gasteiger partial charge on any atom is -0.236 e. The molecule has 5 aromatic rings. The maximum absolute atomic E-state index is 4.27. The molecule has 3 heterocycles. The Hall–Kier alpha value is -2.19. The summed E-state index contributed by atoms with van der Waals surface area (Å²) in [6, 6.07) is 13.9. The van der Waals surface area contributed by atoms with E-state index in [1.54, 1.807) is 22.7 Å². The molecule has 0 atom stereocenters. The highest BCUT2D eigenvalue weighted by Gasteiger charge is 2.10. The molecule has 0 aliphatic rings. The number of unbranched alkanes of at least 4 members (excludes halogenated alkanes) is 9. The van der Waals surface area contributed by atoms with E-state index >= 15 is 0 Å². The molecule has 35 heavy (non-hydrogen) atoms. The van der Waals surface area contributed by atoms with Crippen molar-refractivity contribution in [3.63, 3.8) is 0 Å². The van der Waals surface area contributed by atoms with Gasteiger partial charge in [0.05, 0.1) is 4.88 Å². The molecule has 4 heteroatoms. The van der Waals surface area contributed by atoms with Crippen LogP contribution in [0.5, 0.6) is 0 Å². The number of benzene rings is 2. The summed E-state index contributed by atoms with van der Waals surface area (Å²) in [5, 5.41) is 8.30. The number of aryl methyl sites for hydroxylation is 1. The third-order valence-electron chi connectivity index (χ3n) is 6.75. The highest BCUT2D eigenvalue weighted by Crippen LogP contribution is 2.38. The summed E-state index contributed by atoms with van der Waals surface area (Å²) in [5.41, 5.74) is 0. The molecule has 0 fully saturated rings. The summed E-state index contributed by atoms with van der Waals surface area (Å²) in [6.45, 7) is 2.29. The van der Waals surface area contributed by atoms with Gasteiger partial charge in [0.1, 0.15) is 0 Å². The lowest BCUT2D eigenvalue weighted by Crippen LogP contribution is -1.84. The van der Waals surface area contributed by atoms with Crippen molar-refractivity contribution in [3.05, 3.63) is 62.7 Å². The fourth-order valence-corrected chi connectivity index (χ4v) is 7.40. The Morgan fingerprint density at radius 1 is 0.686 bits per heavy atom. The van der Waals surface area contributed by atoms with E-state index in [9.17, 15) is 0 Å². The zero-order chi connectivity index (χ0) is 23.9. The van der Waals surface area contributed by atoms with Crippen molar-refractivity contribution < 1.29 is 0 Å². The number of hydrogen-bond donors (Lipinski definition) is 0. The Labute approximate surface area is 221 Å². The van der Waals surface area contributed by atoms with Gasteiger partial charge < -0.3 is 0 Å². The Morgan fingerprint density at radius 3 is 2.03 bits per heavy atom. The van der Waals surface area contributed by atoms with Crippen LogP contribution < -0.4 is 0 Å². The maximum Gasteiger partial charge on any atom is 0.167 e. The highest BCUT2D eigenvalue weighted by atomic mass is 32.1. The normalized spacial score (nSPS) is 11.5. The molecule has 5 rings (SSSR count). The van der Waals surface area contributed by atoms with Gasteiger partial charge in [-0.15, -0.1) is 34.0 Å². The van der Waals surface area contributed by atoms with Crippen molar-refractivity contribution in [3.8, 4) is 11.8 Å². The van der Waals surface area contributed by atoms with Crippen LogP contribution in [0.3, 0.4) is 0 Å². The van der Waals surface area contributed by atoms with Crippen LogP contribution in [0.25, 0.3) is 30.9 Å². The first-order chi connectivity index (χ1) is 17.3. The average Bonchev–Trinajstić information content (AvgIpc) is 3.62. The lowest BCUT2D eigenvalue weighted by Gasteiger charge is -2.02. The van der Waals surface area contributed by atoms with E-state index in [4.69, 9.17) is 0 Å². The second-order valence-electron chi connectivity index (χ2n) is 9.39. The van der Waals surface area contributed by atoms with Crippen molar-refractivity contribution in [2.45, 2.75) is 77.6 Å². The quantitative estimate of drug-likeness (QED) is 0.126. The van der Waals surface area contributed by atoms with Crippen molar-refractivity contribution in [1.82, 2.24) is 4.98 Å². The van der Waals surface area contributed by atoms with E-state index in [2.05, 4.69) is 60.1 Å². The van der Waals surface area contributed by atoms with Crippen molar-refractivity contribution in [2.24, 2.45) is 0 Å². The van der Waals surface area contributed by atoms with Crippen LogP contribution in [0.1, 0.15) is 85.9 Å². The molecule has 3 aromatic heterocycles. The van der Waals surface area contributed by atoms with Crippen molar-refractivity contribution in [1.29, 1.82) is 0 Å². The van der Waals surface area contributed by atoms with Gasteiger partial charge in [0.2, 0.25) is 0 Å². The topological polar surface area (TPSA) is 12.9 Å². The van der Waals surface area contributed by atoms with Crippen LogP contribution in [0.15, 0.2) is 48.0 Å². The van der Waals surface area contributed by atoms with E-state index in [-0.39, 0.29) is 0 Å². The molecule has 0 spiro atoms. The maximum atomic E-state index is 4.27. The van der Waals surface area contributed by atoms with Crippen LogP contribution in [-0.4, -0.2) is 4.98 Å². The van der Waals surface area contributed by atoms with Crippen LogP contribution >= 0.6 is 34.0 Å². The second-order valence-corrected chi connectivity index (χ2v) is 12.5. The third-order valence-corrected chi connectivity index (χ3v) is 9.61. The first kappa shape index (κ1) is 24.5. The van der Waals surface area contributed by atoms with E-state index < -0.39 is 0 Å². The summed E-state index contributed by atoms with van der Waals surface area (Å²) in [5.74, 6) is 6.51. The molecule has 0 unspecified atom stereocenters. The number of fused-ring (bicyclic) bond motifs is 5. The molecule has 0 saturated carbocycles. The van der Waals surface area contributed by atoms with Gasteiger partial charge in [-0.1, -0.05) is 76.8 Å².